The van der Waals surface area contributed by atoms with E-state index in [1.165, 1.54) is 11.9 Å². The Kier molecular flexibility index (Phi) is 8.14. The topological polar surface area (TPSA) is 117 Å². The van der Waals surface area contributed by atoms with Crippen LogP contribution >= 0.6 is 0 Å². The maximum atomic E-state index is 13.0. The number of benzene rings is 2. The zero-order chi connectivity index (χ0) is 26.3. The predicted molar refractivity (Wildman–Crippen MR) is 141 cm³/mol. The average molecular weight is 515 g/mol. The first-order chi connectivity index (χ1) is 18.5. The van der Waals surface area contributed by atoms with Crippen molar-refractivity contribution in [3.8, 4) is 17.6 Å². The van der Waals surface area contributed by atoms with Crippen LogP contribution in [0.25, 0.3) is 0 Å². The van der Waals surface area contributed by atoms with Gasteiger partial charge in [-0.1, -0.05) is 36.1 Å². The van der Waals surface area contributed by atoms with Gasteiger partial charge in [0.15, 0.2) is 0 Å². The molecule has 3 N–H and O–H groups in total. The maximum Gasteiger partial charge on any atom is 0.293 e. The molecule has 196 valence electrons. The molecule has 1 atom stereocenters. The fourth-order valence-electron chi connectivity index (χ4n) is 4.41. The third-order valence-electron chi connectivity index (χ3n) is 6.70. The summed E-state index contributed by atoms with van der Waals surface area (Å²) < 4.78 is 10.5. The molecule has 1 unspecified atom stereocenters. The van der Waals surface area contributed by atoms with Crippen LogP contribution in [0.2, 0.25) is 0 Å². The Morgan fingerprint density at radius 2 is 1.66 bits per heavy atom. The van der Waals surface area contributed by atoms with E-state index in [-0.39, 0.29) is 24.1 Å². The largest absolute Gasteiger partial charge is 0.502 e. The summed E-state index contributed by atoms with van der Waals surface area (Å²) in [5.74, 6) is 4.70. The molecule has 2 aliphatic rings. The highest BCUT2D eigenvalue weighted by Gasteiger charge is 2.30. The Bertz CT molecular complexity index is 1370. The molecule has 0 aliphatic carbocycles. The molecular formula is C29H30N4O5. The van der Waals surface area contributed by atoms with Crippen molar-refractivity contribution in [3.63, 3.8) is 0 Å². The minimum atomic E-state index is -0.828. The van der Waals surface area contributed by atoms with Gasteiger partial charge in [-0.05, 0) is 41.8 Å². The third kappa shape index (κ3) is 6.47. The zero-order valence-electron chi connectivity index (χ0n) is 21.0. The Labute approximate surface area is 220 Å². The number of hydrogen-bond acceptors (Lipinski definition) is 7. The summed E-state index contributed by atoms with van der Waals surface area (Å²) in [6.07, 6.45) is 1.46. The van der Waals surface area contributed by atoms with Gasteiger partial charge in [-0.15, -0.1) is 0 Å². The number of hydrogen-bond donors (Lipinski definition) is 3. The van der Waals surface area contributed by atoms with E-state index in [1.807, 2.05) is 36.4 Å². The molecule has 5 rings (SSSR count). The summed E-state index contributed by atoms with van der Waals surface area (Å²) in [5, 5.41) is 13.2. The second-order valence-corrected chi connectivity index (χ2v) is 9.50. The number of carbonyl (C=O) groups is 1. The highest BCUT2D eigenvalue weighted by Crippen LogP contribution is 2.25. The van der Waals surface area contributed by atoms with Gasteiger partial charge in [0, 0.05) is 30.8 Å². The number of ether oxygens (including phenoxy) is 2. The number of rotatable bonds is 7. The van der Waals surface area contributed by atoms with Crippen LogP contribution < -0.4 is 10.9 Å². The molecule has 0 saturated carbocycles. The summed E-state index contributed by atoms with van der Waals surface area (Å²) in [4.78, 5) is 33.8. The van der Waals surface area contributed by atoms with Crippen LogP contribution in [0.1, 0.15) is 33.9 Å². The van der Waals surface area contributed by atoms with Gasteiger partial charge < -0.3 is 24.9 Å². The van der Waals surface area contributed by atoms with E-state index in [2.05, 4.69) is 44.2 Å². The molecule has 9 heteroatoms. The van der Waals surface area contributed by atoms with Crippen molar-refractivity contribution in [3.05, 3.63) is 93.2 Å². The van der Waals surface area contributed by atoms with Crippen molar-refractivity contribution in [2.45, 2.75) is 24.9 Å². The maximum absolute atomic E-state index is 13.0. The first-order valence-corrected chi connectivity index (χ1v) is 12.7. The standard InChI is InChI=1S/C29H30N4O5/c34-27-26(30-19-31-29(27)36)25(28(35)32-24-17-38-18-24)15-22-7-3-20(4-8-22)1-2-21-5-9-23(10-6-21)16-33-11-13-37-14-12-33/h3-10,19,24-25,34H,11-18H2,(H,32,35)(H,30,31,36). The van der Waals surface area contributed by atoms with Crippen molar-refractivity contribution < 1.29 is 19.4 Å². The average Bonchev–Trinajstić information content (AvgIpc) is 2.92. The Morgan fingerprint density at radius 1 is 1.03 bits per heavy atom. The fraction of sp³-hybridized carbons (Fsp3) is 0.345. The quantitative estimate of drug-likeness (QED) is 0.410. The second kappa shape index (κ2) is 12.0. The van der Waals surface area contributed by atoms with E-state index in [1.54, 1.807) is 0 Å². The molecule has 0 radical (unpaired) electrons. The first kappa shape index (κ1) is 25.7. The van der Waals surface area contributed by atoms with E-state index >= 15 is 0 Å². The van der Waals surface area contributed by atoms with E-state index in [0.717, 1.165) is 49.5 Å². The normalized spacial score (nSPS) is 16.6. The Balaban J connectivity index is 1.25. The van der Waals surface area contributed by atoms with Crippen molar-refractivity contribution >= 4 is 5.91 Å². The molecule has 3 aromatic rings. The van der Waals surface area contributed by atoms with Crippen molar-refractivity contribution in [1.82, 2.24) is 20.2 Å². The molecule has 0 bridgehead atoms. The van der Waals surface area contributed by atoms with Gasteiger partial charge in [-0.3, -0.25) is 14.5 Å². The first-order valence-electron chi connectivity index (χ1n) is 12.7. The highest BCUT2D eigenvalue weighted by molar-refractivity contribution is 5.84. The second-order valence-electron chi connectivity index (χ2n) is 9.50. The van der Waals surface area contributed by atoms with Crippen LogP contribution in [-0.2, 0) is 27.2 Å². The minimum absolute atomic E-state index is 0.0485. The van der Waals surface area contributed by atoms with Crippen molar-refractivity contribution in [2.24, 2.45) is 0 Å². The lowest BCUT2D eigenvalue weighted by Gasteiger charge is -2.28. The predicted octanol–water partition coefficient (Wildman–Crippen LogP) is 1.55. The number of nitrogens with zero attached hydrogens (tertiary/aromatic N) is 2. The van der Waals surface area contributed by atoms with E-state index in [0.29, 0.717) is 13.2 Å². The van der Waals surface area contributed by atoms with Gasteiger partial charge in [0.25, 0.3) is 5.56 Å². The highest BCUT2D eigenvalue weighted by atomic mass is 16.5. The monoisotopic (exact) mass is 514 g/mol. The van der Waals surface area contributed by atoms with Crippen LogP contribution in [0.4, 0.5) is 0 Å². The minimum Gasteiger partial charge on any atom is -0.502 e. The number of carbonyl (C=O) groups excluding carboxylic acids is 1. The molecule has 38 heavy (non-hydrogen) atoms. The van der Waals surface area contributed by atoms with Gasteiger partial charge in [0.2, 0.25) is 11.7 Å². The third-order valence-corrected chi connectivity index (χ3v) is 6.70. The number of aromatic nitrogens is 2. The molecule has 2 aliphatic heterocycles. The van der Waals surface area contributed by atoms with Gasteiger partial charge in [0.1, 0.15) is 5.69 Å². The van der Waals surface area contributed by atoms with Crippen LogP contribution in [0, 0.1) is 11.8 Å². The summed E-state index contributed by atoms with van der Waals surface area (Å²) in [6, 6.07) is 15.8. The molecule has 0 spiro atoms. The molecule has 3 heterocycles. The lowest BCUT2D eigenvalue weighted by molar-refractivity contribution is -0.126. The van der Waals surface area contributed by atoms with Gasteiger partial charge >= 0.3 is 0 Å². The number of amides is 1. The summed E-state index contributed by atoms with van der Waals surface area (Å²) in [7, 11) is 0. The lowest BCUT2D eigenvalue weighted by Crippen LogP contribution is -2.50. The van der Waals surface area contributed by atoms with Crippen LogP contribution in [0.15, 0.2) is 59.7 Å². The molecule has 1 amide bonds. The number of H-pyrrole nitrogens is 1. The molecule has 1 aromatic heterocycles. The molecule has 2 saturated heterocycles. The van der Waals surface area contributed by atoms with Crippen LogP contribution in [0.3, 0.4) is 0 Å². The zero-order valence-corrected chi connectivity index (χ0v) is 21.0. The number of aromatic amines is 1. The Hall–Kier alpha value is -3.97. The van der Waals surface area contributed by atoms with Crippen molar-refractivity contribution in [1.29, 1.82) is 0 Å². The number of nitrogens with one attached hydrogen (secondary N) is 2. The molecular weight excluding hydrogens is 484 g/mol. The molecule has 2 aromatic carbocycles. The SMILES string of the molecule is O=C(NC1COC1)C(Cc1ccc(C#Cc2ccc(CN3CCOCC3)cc2)cc1)c1nc[nH]c(=O)c1O. The van der Waals surface area contributed by atoms with E-state index < -0.39 is 17.2 Å². The van der Waals surface area contributed by atoms with Crippen molar-refractivity contribution in [2.75, 3.05) is 39.5 Å². The number of morpholine rings is 1. The lowest BCUT2D eigenvalue weighted by atomic mass is 9.93. The van der Waals surface area contributed by atoms with Gasteiger partial charge in [0.05, 0.1) is 44.7 Å². The van der Waals surface area contributed by atoms with Crippen LogP contribution in [-0.4, -0.2) is 71.4 Å². The van der Waals surface area contributed by atoms with Gasteiger partial charge in [-0.25, -0.2) is 4.98 Å². The smallest absolute Gasteiger partial charge is 0.293 e. The number of aromatic hydroxyl groups is 1. The summed E-state index contributed by atoms with van der Waals surface area (Å²) in [6.45, 7) is 5.29. The fourth-order valence-corrected chi connectivity index (χ4v) is 4.41. The summed E-state index contributed by atoms with van der Waals surface area (Å²) in [5.41, 5.74) is 3.26. The molecule has 9 nitrogen and oxygen atoms in total. The van der Waals surface area contributed by atoms with Crippen LogP contribution in [0.5, 0.6) is 5.75 Å². The van der Waals surface area contributed by atoms with Gasteiger partial charge in [-0.2, -0.15) is 0 Å². The summed E-state index contributed by atoms with van der Waals surface area (Å²) >= 11 is 0. The molecule has 2 fully saturated rings. The Morgan fingerprint density at radius 3 is 2.26 bits per heavy atom. The van der Waals surface area contributed by atoms with E-state index in [9.17, 15) is 14.7 Å². The van der Waals surface area contributed by atoms with E-state index in [4.69, 9.17) is 9.47 Å².